The molecule has 0 spiro atoms. The molecule has 1 aromatic carbocycles. The monoisotopic (exact) mass is 332 g/mol. The number of halogens is 2. The van der Waals surface area contributed by atoms with E-state index in [9.17, 15) is 0 Å². The van der Waals surface area contributed by atoms with E-state index in [1.165, 1.54) is 11.3 Å². The van der Waals surface area contributed by atoms with Gasteiger partial charge in [-0.3, -0.25) is 0 Å². The van der Waals surface area contributed by atoms with Gasteiger partial charge >= 0.3 is 0 Å². The van der Waals surface area contributed by atoms with Crippen molar-refractivity contribution in [3.05, 3.63) is 38.7 Å². The summed E-state index contributed by atoms with van der Waals surface area (Å²) >= 11 is 8.18. The highest BCUT2D eigenvalue weighted by Crippen LogP contribution is 2.32. The Morgan fingerprint density at radius 3 is 2.86 bits per heavy atom. The first kappa shape index (κ1) is 10.1. The van der Waals surface area contributed by atoms with Crippen LogP contribution in [0.2, 0.25) is 0 Å². The SMILES string of the molecule is Brc1ccc(Oc2n[c]cs2)c(Br)c1. The van der Waals surface area contributed by atoms with Gasteiger partial charge in [0, 0.05) is 9.85 Å². The quantitative estimate of drug-likeness (QED) is 0.819. The molecule has 2 rings (SSSR count). The number of aromatic nitrogens is 1. The maximum absolute atomic E-state index is 5.51. The van der Waals surface area contributed by atoms with Crippen LogP contribution in [0.4, 0.5) is 0 Å². The molecule has 0 aliphatic carbocycles. The van der Waals surface area contributed by atoms with Crippen molar-refractivity contribution in [2.75, 3.05) is 0 Å². The van der Waals surface area contributed by atoms with Crippen LogP contribution in [0.1, 0.15) is 0 Å². The first-order valence-electron chi connectivity index (χ1n) is 3.70. The summed E-state index contributed by atoms with van der Waals surface area (Å²) in [5, 5.41) is 2.34. The zero-order valence-electron chi connectivity index (χ0n) is 6.83. The maximum atomic E-state index is 5.51. The van der Waals surface area contributed by atoms with Crippen LogP contribution in [-0.2, 0) is 0 Å². The topological polar surface area (TPSA) is 22.1 Å². The van der Waals surface area contributed by atoms with Crippen molar-refractivity contribution < 1.29 is 4.74 Å². The third-order valence-electron chi connectivity index (χ3n) is 1.46. The molecule has 0 bridgehead atoms. The van der Waals surface area contributed by atoms with Crippen LogP contribution in [0.3, 0.4) is 0 Å². The fourth-order valence-corrected chi connectivity index (χ4v) is 2.46. The number of hydrogen-bond acceptors (Lipinski definition) is 3. The number of thiazole rings is 1. The van der Waals surface area contributed by atoms with Crippen molar-refractivity contribution in [2.45, 2.75) is 0 Å². The molecule has 0 N–H and O–H groups in total. The van der Waals surface area contributed by atoms with Gasteiger partial charge in [0.15, 0.2) is 0 Å². The van der Waals surface area contributed by atoms with Crippen molar-refractivity contribution in [1.29, 1.82) is 0 Å². The Kier molecular flexibility index (Phi) is 3.20. The van der Waals surface area contributed by atoms with Crippen LogP contribution in [-0.4, -0.2) is 4.98 Å². The predicted octanol–water partition coefficient (Wildman–Crippen LogP) is 4.26. The zero-order chi connectivity index (χ0) is 9.97. The molecular formula is C9H4Br2NOS. The number of rotatable bonds is 2. The van der Waals surface area contributed by atoms with Gasteiger partial charge in [0.05, 0.1) is 4.47 Å². The average molecular weight is 334 g/mol. The fraction of sp³-hybridized carbons (Fsp3) is 0. The summed E-state index contributed by atoms with van der Waals surface area (Å²) < 4.78 is 7.41. The number of hydrogen-bond donors (Lipinski definition) is 0. The molecule has 0 amide bonds. The van der Waals surface area contributed by atoms with Crippen LogP contribution in [0, 0.1) is 6.20 Å². The summed E-state index contributed by atoms with van der Waals surface area (Å²) in [7, 11) is 0. The number of benzene rings is 1. The largest absolute Gasteiger partial charge is 0.430 e. The average Bonchev–Trinajstić information content (AvgIpc) is 2.62. The first-order chi connectivity index (χ1) is 6.75. The van der Waals surface area contributed by atoms with Crippen LogP contribution in [0.5, 0.6) is 10.9 Å². The van der Waals surface area contributed by atoms with E-state index in [-0.39, 0.29) is 0 Å². The van der Waals surface area contributed by atoms with Gasteiger partial charge < -0.3 is 4.74 Å². The van der Waals surface area contributed by atoms with Gasteiger partial charge in [-0.15, -0.1) is 0 Å². The third-order valence-corrected chi connectivity index (χ3v) is 3.17. The molecule has 0 atom stereocenters. The summed E-state index contributed by atoms with van der Waals surface area (Å²) in [6, 6.07) is 5.71. The molecule has 1 radical (unpaired) electrons. The summed E-state index contributed by atoms with van der Waals surface area (Å²) in [6.45, 7) is 0. The van der Waals surface area contributed by atoms with Gasteiger partial charge in [-0.2, -0.15) is 0 Å². The van der Waals surface area contributed by atoms with Crippen LogP contribution in [0.25, 0.3) is 0 Å². The fourth-order valence-electron chi connectivity index (χ4n) is 0.881. The number of ether oxygens (including phenoxy) is 1. The van der Waals surface area contributed by atoms with Gasteiger partial charge in [-0.1, -0.05) is 27.3 Å². The second kappa shape index (κ2) is 4.42. The van der Waals surface area contributed by atoms with E-state index in [0.717, 1.165) is 14.7 Å². The molecule has 1 heterocycles. The first-order valence-corrected chi connectivity index (χ1v) is 6.17. The molecule has 0 aliphatic rings. The van der Waals surface area contributed by atoms with E-state index in [0.29, 0.717) is 5.19 Å². The minimum absolute atomic E-state index is 0.591. The Hall–Kier alpha value is -0.390. The molecule has 0 fully saturated rings. The zero-order valence-corrected chi connectivity index (χ0v) is 10.8. The van der Waals surface area contributed by atoms with Crippen molar-refractivity contribution >= 4 is 43.2 Å². The molecular weight excluding hydrogens is 330 g/mol. The lowest BCUT2D eigenvalue weighted by Crippen LogP contribution is -1.83. The summed E-state index contributed by atoms with van der Waals surface area (Å²) in [4.78, 5) is 3.91. The normalized spacial score (nSPS) is 10.1. The molecule has 0 saturated heterocycles. The minimum Gasteiger partial charge on any atom is -0.430 e. The highest BCUT2D eigenvalue weighted by molar-refractivity contribution is 9.11. The summed E-state index contributed by atoms with van der Waals surface area (Å²) in [5.74, 6) is 0.747. The molecule has 71 valence electrons. The Balaban J connectivity index is 2.25. The molecule has 14 heavy (non-hydrogen) atoms. The smallest absolute Gasteiger partial charge is 0.279 e. The van der Waals surface area contributed by atoms with E-state index in [1.54, 1.807) is 5.38 Å². The van der Waals surface area contributed by atoms with Crippen LogP contribution >= 0.6 is 43.2 Å². The van der Waals surface area contributed by atoms with Gasteiger partial charge in [-0.25, -0.2) is 4.98 Å². The molecule has 0 saturated carbocycles. The minimum atomic E-state index is 0.591. The molecule has 0 unspecified atom stereocenters. The highest BCUT2D eigenvalue weighted by atomic mass is 79.9. The lowest BCUT2D eigenvalue weighted by atomic mass is 10.3. The molecule has 2 aromatic rings. The Morgan fingerprint density at radius 2 is 2.21 bits per heavy atom. The second-order valence-electron chi connectivity index (χ2n) is 2.42. The lowest BCUT2D eigenvalue weighted by molar-refractivity contribution is 0.475. The van der Waals surface area contributed by atoms with Crippen molar-refractivity contribution in [3.8, 4) is 10.9 Å². The van der Waals surface area contributed by atoms with Crippen molar-refractivity contribution in [3.63, 3.8) is 0 Å². The van der Waals surface area contributed by atoms with Crippen molar-refractivity contribution in [2.24, 2.45) is 0 Å². The lowest BCUT2D eigenvalue weighted by Gasteiger charge is -2.03. The van der Waals surface area contributed by atoms with E-state index in [1.807, 2.05) is 18.2 Å². The van der Waals surface area contributed by atoms with Gasteiger partial charge in [0.1, 0.15) is 11.9 Å². The summed E-state index contributed by atoms with van der Waals surface area (Å²) in [5.41, 5.74) is 0. The van der Waals surface area contributed by atoms with Crippen molar-refractivity contribution in [1.82, 2.24) is 4.98 Å². The Morgan fingerprint density at radius 1 is 1.36 bits per heavy atom. The molecule has 5 heteroatoms. The van der Waals surface area contributed by atoms with Crippen LogP contribution < -0.4 is 4.74 Å². The van der Waals surface area contributed by atoms with Crippen LogP contribution in [0.15, 0.2) is 32.5 Å². The van der Waals surface area contributed by atoms with E-state index in [4.69, 9.17) is 4.74 Å². The van der Waals surface area contributed by atoms with E-state index < -0.39 is 0 Å². The van der Waals surface area contributed by atoms with E-state index >= 15 is 0 Å². The highest BCUT2D eigenvalue weighted by Gasteiger charge is 2.04. The number of nitrogens with zero attached hydrogens (tertiary/aromatic N) is 1. The van der Waals surface area contributed by atoms with E-state index in [2.05, 4.69) is 43.0 Å². The van der Waals surface area contributed by atoms with Gasteiger partial charge in [0.25, 0.3) is 5.19 Å². The summed E-state index contributed by atoms with van der Waals surface area (Å²) in [6.07, 6.45) is 2.70. The molecule has 2 nitrogen and oxygen atoms in total. The molecule has 1 aromatic heterocycles. The molecule has 0 aliphatic heterocycles. The van der Waals surface area contributed by atoms with Gasteiger partial charge in [0.2, 0.25) is 0 Å². The Bertz CT molecular complexity index is 430. The Labute approximate surface area is 102 Å². The van der Waals surface area contributed by atoms with Gasteiger partial charge in [-0.05, 0) is 34.1 Å². The standard InChI is InChI=1S/C9H4Br2NOS/c10-6-1-2-8(7(11)5-6)13-9-12-3-4-14-9/h1-2,4-5H. The maximum Gasteiger partial charge on any atom is 0.279 e. The third kappa shape index (κ3) is 2.34. The second-order valence-corrected chi connectivity index (χ2v) is 5.01. The predicted molar refractivity (Wildman–Crippen MR) is 62.9 cm³/mol.